The van der Waals surface area contributed by atoms with E-state index in [1.165, 1.54) is 37.5 Å². The number of aliphatic carboxylic acids is 1. The molecular formula is C20H14Cl2N2O7. The summed E-state index contributed by atoms with van der Waals surface area (Å²) in [5.74, 6) is -2.93. The van der Waals surface area contributed by atoms with Gasteiger partial charge in [-0.05, 0) is 35.9 Å². The fourth-order valence-corrected chi connectivity index (χ4v) is 3.27. The predicted molar refractivity (Wildman–Crippen MR) is 112 cm³/mol. The Hall–Kier alpha value is -3.56. The molecule has 0 aliphatic carbocycles. The number of nitrogens with one attached hydrogen (secondary N) is 1. The van der Waals surface area contributed by atoms with Gasteiger partial charge in [0.1, 0.15) is 5.57 Å². The zero-order chi connectivity index (χ0) is 22.7. The van der Waals surface area contributed by atoms with Gasteiger partial charge in [-0.1, -0.05) is 35.3 Å². The first-order valence-electron chi connectivity index (χ1n) is 8.61. The number of para-hydroxylation sites is 1. The average Bonchev–Trinajstić information content (AvgIpc) is 2.71. The number of methoxy groups -OCH3 is 1. The van der Waals surface area contributed by atoms with Crippen molar-refractivity contribution in [2.24, 2.45) is 0 Å². The highest BCUT2D eigenvalue weighted by Crippen LogP contribution is 2.37. The highest BCUT2D eigenvalue weighted by Gasteiger charge is 2.37. The number of rotatable bonds is 6. The molecule has 0 saturated carbocycles. The number of anilines is 1. The highest BCUT2D eigenvalue weighted by molar-refractivity contribution is 6.42. The largest absolute Gasteiger partial charge is 0.493 e. The lowest BCUT2D eigenvalue weighted by Gasteiger charge is -2.27. The number of nitrogens with zero attached hydrogens (tertiary/aromatic N) is 1. The van der Waals surface area contributed by atoms with E-state index in [1.807, 2.05) is 0 Å². The Bertz CT molecular complexity index is 1130. The Morgan fingerprint density at radius 3 is 2.52 bits per heavy atom. The van der Waals surface area contributed by atoms with Gasteiger partial charge in [-0.2, -0.15) is 0 Å². The van der Waals surface area contributed by atoms with Crippen molar-refractivity contribution in [2.45, 2.75) is 0 Å². The van der Waals surface area contributed by atoms with Crippen molar-refractivity contribution >= 4 is 58.8 Å². The summed E-state index contributed by atoms with van der Waals surface area (Å²) in [6.07, 6.45) is 1.21. The number of hydrogen-bond donors (Lipinski definition) is 2. The van der Waals surface area contributed by atoms with Crippen LogP contribution in [0.4, 0.5) is 10.5 Å². The first-order valence-corrected chi connectivity index (χ1v) is 9.36. The lowest BCUT2D eigenvalue weighted by Crippen LogP contribution is -2.54. The van der Waals surface area contributed by atoms with Crippen LogP contribution in [0.2, 0.25) is 10.0 Å². The standard InChI is InChI=1S/C20H14Cl2N2O7/c1-30-15-8-10(7-13(22)17(15)31-9-16(25)26)6-11-18(27)23-20(29)24(19(11)28)14-5-3-2-4-12(14)21/h2-8H,9H2,1H3,(H,25,26)(H,23,27,29)/b11-6+. The number of ether oxygens (including phenoxy) is 2. The Morgan fingerprint density at radius 2 is 1.87 bits per heavy atom. The second-order valence-electron chi connectivity index (χ2n) is 6.13. The molecule has 1 fully saturated rings. The van der Waals surface area contributed by atoms with E-state index >= 15 is 0 Å². The molecular weight excluding hydrogens is 451 g/mol. The summed E-state index contributed by atoms with van der Waals surface area (Å²) in [5.41, 5.74) is 0.0337. The molecule has 0 bridgehead atoms. The second-order valence-corrected chi connectivity index (χ2v) is 6.94. The van der Waals surface area contributed by atoms with Crippen molar-refractivity contribution in [3.63, 3.8) is 0 Å². The SMILES string of the molecule is COc1cc(/C=C2\C(=O)NC(=O)N(c3ccccc3Cl)C2=O)cc(Cl)c1OCC(=O)O. The number of hydrogen-bond acceptors (Lipinski definition) is 6. The summed E-state index contributed by atoms with van der Waals surface area (Å²) in [7, 11) is 1.31. The number of carbonyl (C=O) groups is 4. The number of carbonyl (C=O) groups excluding carboxylic acids is 3. The van der Waals surface area contributed by atoms with Crippen molar-refractivity contribution in [3.8, 4) is 11.5 Å². The number of imide groups is 2. The number of barbiturate groups is 1. The molecule has 1 aliphatic heterocycles. The molecule has 0 unspecified atom stereocenters. The van der Waals surface area contributed by atoms with E-state index in [-0.39, 0.29) is 38.4 Å². The summed E-state index contributed by atoms with van der Waals surface area (Å²) in [4.78, 5) is 49.0. The molecule has 0 aromatic heterocycles. The van der Waals surface area contributed by atoms with Gasteiger partial charge in [-0.25, -0.2) is 14.5 Å². The fourth-order valence-electron chi connectivity index (χ4n) is 2.77. The first-order chi connectivity index (χ1) is 14.7. The van der Waals surface area contributed by atoms with Crippen molar-refractivity contribution in [3.05, 3.63) is 57.6 Å². The normalized spacial score (nSPS) is 15.1. The molecule has 2 N–H and O–H groups in total. The zero-order valence-electron chi connectivity index (χ0n) is 15.8. The van der Waals surface area contributed by atoms with E-state index < -0.39 is 30.4 Å². The maximum atomic E-state index is 13.0. The average molecular weight is 465 g/mol. The summed E-state index contributed by atoms with van der Waals surface area (Å²) < 4.78 is 10.3. The third-order valence-corrected chi connectivity index (χ3v) is 4.70. The lowest BCUT2D eigenvalue weighted by atomic mass is 10.1. The Morgan fingerprint density at radius 1 is 1.16 bits per heavy atom. The lowest BCUT2D eigenvalue weighted by molar-refractivity contribution is -0.139. The summed E-state index contributed by atoms with van der Waals surface area (Å²) in [5, 5.41) is 11.0. The molecule has 0 spiro atoms. The summed E-state index contributed by atoms with van der Waals surface area (Å²) >= 11 is 12.3. The minimum Gasteiger partial charge on any atom is -0.493 e. The van der Waals surface area contributed by atoms with Gasteiger partial charge < -0.3 is 14.6 Å². The van der Waals surface area contributed by atoms with Crippen LogP contribution in [0.1, 0.15) is 5.56 Å². The molecule has 3 rings (SSSR count). The highest BCUT2D eigenvalue weighted by atomic mass is 35.5. The number of urea groups is 1. The number of carboxylic acids is 1. The van der Waals surface area contributed by atoms with Gasteiger partial charge in [0, 0.05) is 0 Å². The molecule has 31 heavy (non-hydrogen) atoms. The van der Waals surface area contributed by atoms with Crippen LogP contribution in [0.25, 0.3) is 6.08 Å². The fraction of sp³-hybridized carbons (Fsp3) is 0.100. The van der Waals surface area contributed by atoms with Crippen molar-refractivity contribution < 1.29 is 33.8 Å². The quantitative estimate of drug-likeness (QED) is 0.497. The van der Waals surface area contributed by atoms with Crippen LogP contribution in [0.5, 0.6) is 11.5 Å². The number of benzene rings is 2. The minimum absolute atomic E-state index is 0.00449. The minimum atomic E-state index is -1.21. The molecule has 4 amide bonds. The van der Waals surface area contributed by atoms with E-state index in [4.69, 9.17) is 37.8 Å². The van der Waals surface area contributed by atoms with E-state index in [0.29, 0.717) is 0 Å². The Labute approximate surface area is 185 Å². The predicted octanol–water partition coefficient (Wildman–Crippen LogP) is 3.13. The van der Waals surface area contributed by atoms with Crippen molar-refractivity contribution in [1.29, 1.82) is 0 Å². The van der Waals surface area contributed by atoms with Gasteiger partial charge in [0.05, 0.1) is 22.8 Å². The van der Waals surface area contributed by atoms with Crippen LogP contribution >= 0.6 is 23.2 Å². The molecule has 1 heterocycles. The van der Waals surface area contributed by atoms with Crippen molar-refractivity contribution in [1.82, 2.24) is 5.32 Å². The molecule has 0 atom stereocenters. The first kappa shape index (κ1) is 22.1. The Balaban J connectivity index is 2.01. The van der Waals surface area contributed by atoms with E-state index in [0.717, 1.165) is 4.90 Å². The van der Waals surface area contributed by atoms with Gasteiger partial charge in [-0.3, -0.25) is 14.9 Å². The molecule has 160 valence electrons. The summed E-state index contributed by atoms with van der Waals surface area (Å²) in [6, 6.07) is 7.98. The van der Waals surface area contributed by atoms with E-state index in [1.54, 1.807) is 12.1 Å². The van der Waals surface area contributed by atoms with Gasteiger partial charge in [0.2, 0.25) is 0 Å². The number of amides is 4. The third-order valence-electron chi connectivity index (χ3n) is 4.10. The molecule has 1 aliphatic rings. The molecule has 11 heteroatoms. The van der Waals surface area contributed by atoms with Crippen LogP contribution in [0, 0.1) is 0 Å². The van der Waals surface area contributed by atoms with Crippen LogP contribution in [0.3, 0.4) is 0 Å². The van der Waals surface area contributed by atoms with Crippen molar-refractivity contribution in [2.75, 3.05) is 18.6 Å². The smallest absolute Gasteiger partial charge is 0.341 e. The van der Waals surface area contributed by atoms with Crippen LogP contribution < -0.4 is 19.7 Å². The maximum Gasteiger partial charge on any atom is 0.341 e. The molecule has 2 aromatic carbocycles. The zero-order valence-corrected chi connectivity index (χ0v) is 17.4. The number of carboxylic acid groups (broad SMARTS) is 1. The maximum absolute atomic E-state index is 13.0. The number of halogens is 2. The third kappa shape index (κ3) is 4.62. The van der Waals surface area contributed by atoms with Gasteiger partial charge >= 0.3 is 12.0 Å². The molecule has 1 saturated heterocycles. The van der Waals surface area contributed by atoms with Crippen LogP contribution in [-0.2, 0) is 14.4 Å². The van der Waals surface area contributed by atoms with E-state index in [9.17, 15) is 19.2 Å². The van der Waals surface area contributed by atoms with Gasteiger partial charge in [-0.15, -0.1) is 0 Å². The second kappa shape index (κ2) is 9.07. The van der Waals surface area contributed by atoms with Crippen LogP contribution in [-0.4, -0.2) is 42.6 Å². The monoisotopic (exact) mass is 464 g/mol. The van der Waals surface area contributed by atoms with E-state index in [2.05, 4.69) is 5.32 Å². The van der Waals surface area contributed by atoms with Crippen LogP contribution in [0.15, 0.2) is 42.0 Å². The molecule has 9 nitrogen and oxygen atoms in total. The molecule has 0 radical (unpaired) electrons. The van der Waals surface area contributed by atoms with Gasteiger partial charge in [0.15, 0.2) is 18.1 Å². The molecule has 2 aromatic rings. The Kier molecular flexibility index (Phi) is 6.47. The summed E-state index contributed by atoms with van der Waals surface area (Å²) in [6.45, 7) is -0.647. The topological polar surface area (TPSA) is 122 Å². The van der Waals surface area contributed by atoms with Gasteiger partial charge in [0.25, 0.3) is 11.8 Å².